The smallest absolute Gasteiger partial charge is 0.255 e. The summed E-state index contributed by atoms with van der Waals surface area (Å²) in [6, 6.07) is 19.3. The number of imidazole rings is 2. The summed E-state index contributed by atoms with van der Waals surface area (Å²) in [5.74, 6) is -4.23. The molecule has 8 aromatic carbocycles. The number of pyridine rings is 4. The summed E-state index contributed by atoms with van der Waals surface area (Å²) in [5, 5.41) is 21.7. The maximum absolute atomic E-state index is 13.6. The van der Waals surface area contributed by atoms with Gasteiger partial charge in [-0.15, -0.1) is 0 Å². The third-order valence-corrected chi connectivity index (χ3v) is 20.4. The lowest BCUT2D eigenvalue weighted by atomic mass is 10.1. The average Bonchev–Trinajstić information content (AvgIpc) is 0.958. The minimum absolute atomic E-state index is 0.0123. The molecular formula is C114H102N26O4. The summed E-state index contributed by atoms with van der Waals surface area (Å²) in [6.07, 6.45) is 12.1. The normalized spacial score (nSPS) is 14.5. The van der Waals surface area contributed by atoms with Crippen LogP contribution in [-0.2, 0) is 0 Å². The van der Waals surface area contributed by atoms with E-state index >= 15 is 0 Å². The average molecular weight is 1940 g/mol. The van der Waals surface area contributed by atoms with Crippen molar-refractivity contribution in [1.29, 1.82) is 0 Å². The van der Waals surface area contributed by atoms with Crippen LogP contribution in [-0.4, -0.2) is 112 Å². The number of amides is 4. The van der Waals surface area contributed by atoms with E-state index in [0.717, 1.165) is 50.6 Å². The monoisotopic (exact) mass is 1940 g/mol. The molecule has 712 valence electrons. The van der Waals surface area contributed by atoms with Gasteiger partial charge in [-0.2, -0.15) is 0 Å². The van der Waals surface area contributed by atoms with Crippen LogP contribution < -0.4 is 42.5 Å². The number of hydrogen-bond acceptors (Lipinski definition) is 22. The molecule has 0 spiro atoms. The summed E-state index contributed by atoms with van der Waals surface area (Å²) in [5.41, 5.74) is 6.15. The molecule has 0 saturated carbocycles. The van der Waals surface area contributed by atoms with Crippen molar-refractivity contribution in [2.45, 2.75) is 82.9 Å². The van der Waals surface area contributed by atoms with E-state index in [0.29, 0.717) is 39.7 Å². The Morgan fingerprint density at radius 2 is 0.611 bits per heavy atom. The number of carbonyl (C=O) groups excluding carboxylic acids is 4. The summed E-state index contributed by atoms with van der Waals surface area (Å²) in [4.78, 5) is 111. The van der Waals surface area contributed by atoms with E-state index in [-0.39, 0.29) is 139 Å². The second kappa shape index (κ2) is 44.5. The van der Waals surface area contributed by atoms with Crippen LogP contribution in [0, 0.1) is 82.9 Å². The zero-order chi connectivity index (χ0) is 131. The van der Waals surface area contributed by atoms with Crippen molar-refractivity contribution >= 4 is 92.9 Å². The largest absolute Gasteiger partial charge is 0.324 e. The SMILES string of the molecule is [2H]c1nc([2H])c(-c2ccnc(Nc3c([2H])c(C(=O)Nc4cc(C)cc(-n5c([2H])cc(C)c5[2H])c4)c([2H])c([2H])c3C)n2)c([2H])c1[2H].[2H]c1nc([2H])c(-c2ccnc(Nc3c([2H])c(C(=O)Nc4cc(C)cc(-n5ccc(C)c5)c4)c([2H])c([2H])c3C([2H])([2H])[2H])n2)c([2H])c1[2H].[2H]c1nc([2H])c(-c2ccnc(Nc3c([2H])c(C(=O)Nc4cc(C)cc(-n5cnc(C)c5)c4)c([2H])c([2H])c3C([2H])([2H])[2H])n2)c([2H])c1[2H].[2H]c1nc([2H])c(-c2ccnc(Nc3c([2H])c(C(=O)Nc4cc(C)cc(-n5cnc(C)c5)c4)c([2H])c([2H])c3C)n2)c([2H])c1[2H]. The third-order valence-electron chi connectivity index (χ3n) is 20.4. The molecule has 30 heteroatoms. The standard InChI is InChI=1S/2C29H26N6O.2C28H25N7O/c2*1-19-9-12-35(18-19)25-14-20(2)13-24(16-25)32-28(36)22-7-6-21(3)27(15-22)34-29-31-11-8-26(33-29)23-5-4-10-30-17-23;2*1-18-11-23(14-24(12-18)35-16-20(3)31-17-35)32-27(36)21-7-6-19(2)26(13-21)34-28-30-10-8-25(33-28)22-5-4-9-29-15-22/h2*4-18H,1-3H3,(H,32,36)(H,31,33,34);2*4-17H,1-3H3,(H,32,36)(H,30,33,34)/i4D,5D,6D,7D,10D,12D,15D,17D,18D;3D3,4D,5D,6D,7D,10D,15D,17D;2D3,4D,5D,6D,7D,9D,13D,15D;4D,5D,6D,7D,9D,13D,15D. The molecule has 0 aliphatic carbocycles. The number of benzene rings is 8. The number of hydrogen-bond donors (Lipinski definition) is 8. The number of anilines is 12. The Morgan fingerprint density at radius 1 is 0.306 bits per heavy atom. The highest BCUT2D eigenvalue weighted by molar-refractivity contribution is 6.08. The predicted octanol–water partition coefficient (Wildman–Crippen LogP) is 23.8. The number of aromatic nitrogens is 18. The topological polar surface area (TPSA) is 365 Å². The second-order valence-electron chi connectivity index (χ2n) is 31.8. The van der Waals surface area contributed by atoms with Gasteiger partial charge in [0.05, 0.1) is 87.9 Å². The molecule has 12 aromatic heterocycles. The highest BCUT2D eigenvalue weighted by Gasteiger charge is 2.20. The van der Waals surface area contributed by atoms with Crippen LogP contribution in [0.15, 0.2) is 354 Å². The van der Waals surface area contributed by atoms with Gasteiger partial charge in [0.25, 0.3) is 23.6 Å². The molecule has 0 bridgehead atoms. The molecule has 144 heavy (non-hydrogen) atoms. The van der Waals surface area contributed by atoms with Crippen LogP contribution in [0.4, 0.5) is 69.3 Å². The number of aryl methyl sites for hydroxylation is 8. The minimum atomic E-state index is -3.00. The fourth-order valence-corrected chi connectivity index (χ4v) is 13.7. The van der Waals surface area contributed by atoms with Gasteiger partial charge in [-0.3, -0.25) is 39.1 Å². The molecule has 0 radical (unpaired) electrons. The first-order chi connectivity index (χ1) is 84.7. The molecule has 4 amide bonds. The predicted molar refractivity (Wildman–Crippen MR) is 567 cm³/mol. The molecule has 0 saturated heterocycles. The number of nitrogens with zero attached hydrogens (tertiary/aromatic N) is 18. The van der Waals surface area contributed by atoms with Crippen molar-refractivity contribution in [3.63, 3.8) is 0 Å². The number of nitrogens with one attached hydrogen (secondary N) is 8. The van der Waals surface area contributed by atoms with Crippen LogP contribution in [0.3, 0.4) is 0 Å². The summed E-state index contributed by atoms with van der Waals surface area (Å²) < 4.78 is 303. The van der Waals surface area contributed by atoms with Crippen molar-refractivity contribution in [2.75, 3.05) is 42.5 Å². The molecule has 0 aliphatic rings. The molecule has 8 N–H and O–H groups in total. The summed E-state index contributed by atoms with van der Waals surface area (Å²) >= 11 is 0. The van der Waals surface area contributed by atoms with Crippen LogP contribution in [0.1, 0.15) is 158 Å². The van der Waals surface area contributed by atoms with Crippen molar-refractivity contribution in [2.24, 2.45) is 0 Å². The molecule has 30 nitrogen and oxygen atoms in total. The fourth-order valence-electron chi connectivity index (χ4n) is 13.7. The van der Waals surface area contributed by atoms with Gasteiger partial charge >= 0.3 is 0 Å². The van der Waals surface area contributed by atoms with E-state index in [1.54, 1.807) is 97.9 Å². The van der Waals surface area contributed by atoms with Gasteiger partial charge in [0.2, 0.25) is 23.8 Å². The van der Waals surface area contributed by atoms with E-state index in [1.807, 2.05) is 93.5 Å². The first kappa shape index (κ1) is 61.1. The van der Waals surface area contributed by atoms with Gasteiger partial charge in [-0.1, -0.05) is 24.2 Å². The lowest BCUT2D eigenvalue weighted by Gasteiger charge is -2.13. The Balaban J connectivity index is 0.000000158. The zero-order valence-corrected chi connectivity index (χ0v) is 77.8. The van der Waals surface area contributed by atoms with E-state index in [4.69, 9.17) is 49.3 Å². The van der Waals surface area contributed by atoms with Crippen LogP contribution in [0.5, 0.6) is 0 Å². The van der Waals surface area contributed by atoms with Crippen molar-refractivity contribution < 1.29 is 68.5 Å². The fraction of sp³-hybridized carbons (Fsp3) is 0.105. The Hall–Kier alpha value is -19.3. The van der Waals surface area contributed by atoms with E-state index in [1.165, 1.54) is 67.5 Å². The summed E-state index contributed by atoms with van der Waals surface area (Å²) in [6.45, 7) is 11.7. The van der Waals surface area contributed by atoms with Gasteiger partial charge in [-0.05, 0) is 344 Å². The highest BCUT2D eigenvalue weighted by atomic mass is 16.2. The summed E-state index contributed by atoms with van der Waals surface area (Å²) in [7, 11) is 0. The van der Waals surface area contributed by atoms with Crippen molar-refractivity contribution in [1.82, 2.24) is 88.0 Å². The quantitative estimate of drug-likeness (QED) is 0.0278. The lowest BCUT2D eigenvalue weighted by Crippen LogP contribution is -2.13. The Labute approximate surface area is 883 Å². The lowest BCUT2D eigenvalue weighted by molar-refractivity contribution is 0.101. The van der Waals surface area contributed by atoms with Crippen LogP contribution in [0.25, 0.3) is 67.8 Å². The van der Waals surface area contributed by atoms with Crippen molar-refractivity contribution in [3.8, 4) is 67.8 Å². The zero-order valence-electron chi connectivity index (χ0n) is 114. The Kier molecular flexibility index (Phi) is 18.9. The maximum atomic E-state index is 13.6. The molecule has 0 unspecified atom stereocenters. The molecule has 0 fully saturated rings. The Bertz CT molecular complexity index is 10000. The highest BCUT2D eigenvalue weighted by Crippen LogP contribution is 2.33. The van der Waals surface area contributed by atoms with Crippen molar-refractivity contribution in [3.05, 3.63) is 443 Å². The van der Waals surface area contributed by atoms with E-state index in [2.05, 4.69) is 112 Å². The van der Waals surface area contributed by atoms with Gasteiger partial charge in [0, 0.05) is 232 Å². The van der Waals surface area contributed by atoms with Gasteiger partial charge in [-0.25, -0.2) is 49.8 Å². The molecule has 12 heterocycles. The second-order valence-corrected chi connectivity index (χ2v) is 31.8. The molecule has 0 aliphatic heterocycles. The molecule has 20 aromatic rings. The van der Waals surface area contributed by atoms with Gasteiger partial charge < -0.3 is 60.8 Å². The van der Waals surface area contributed by atoms with E-state index in [9.17, 15) is 19.2 Å². The minimum Gasteiger partial charge on any atom is -0.324 e. The van der Waals surface area contributed by atoms with Gasteiger partial charge in [0.1, 0.15) is 0 Å². The number of carbonyl (C=O) groups is 4. The van der Waals surface area contributed by atoms with Crippen LogP contribution >= 0.6 is 0 Å². The van der Waals surface area contributed by atoms with E-state index < -0.39 is 217 Å². The molecule has 20 rings (SSSR count). The maximum Gasteiger partial charge on any atom is 0.255 e. The van der Waals surface area contributed by atoms with Gasteiger partial charge in [0.15, 0.2) is 0 Å². The first-order valence-electron chi connectivity index (χ1n) is 61.4. The third kappa shape index (κ3) is 25.2. The molecular weight excluding hydrogens is 1800 g/mol. The number of rotatable bonds is 24. The van der Waals surface area contributed by atoms with Crippen LogP contribution in [0.2, 0.25) is 0 Å². The Morgan fingerprint density at radius 3 is 0.896 bits per heavy atom. The first-order valence-corrected chi connectivity index (χ1v) is 43.4. The molecule has 0 atom stereocenters.